The Morgan fingerprint density at radius 2 is 2.00 bits per heavy atom. The van der Waals surface area contributed by atoms with Crippen molar-refractivity contribution in [2.75, 3.05) is 18.4 Å². The monoisotopic (exact) mass is 354 g/mol. The first-order valence-electron chi connectivity index (χ1n) is 8.50. The molecule has 0 atom stereocenters. The number of hydrogen-bond donors (Lipinski definition) is 1. The minimum absolute atomic E-state index is 0.0593. The Morgan fingerprint density at radius 1 is 1.20 bits per heavy atom. The highest BCUT2D eigenvalue weighted by molar-refractivity contribution is 7.18. The zero-order chi connectivity index (χ0) is 17.6. The molecule has 6 heteroatoms. The summed E-state index contributed by atoms with van der Waals surface area (Å²) in [6, 6.07) is 12.1. The molecular formula is C19H22N4OS. The van der Waals surface area contributed by atoms with Gasteiger partial charge < -0.3 is 10.2 Å². The van der Waals surface area contributed by atoms with E-state index in [0.717, 1.165) is 28.0 Å². The van der Waals surface area contributed by atoms with E-state index in [-0.39, 0.29) is 12.5 Å². The molecule has 3 rings (SSSR count). The fraction of sp³-hybridized carbons (Fsp3) is 0.316. The topological polar surface area (TPSA) is 58.1 Å². The van der Waals surface area contributed by atoms with Gasteiger partial charge in [-0.05, 0) is 25.0 Å². The van der Waals surface area contributed by atoms with Crippen LogP contribution in [0.2, 0.25) is 0 Å². The SMILES string of the molecule is CCc1cc2c(NCC(=O)N(CC)Cc3ccccc3)ncnc2s1. The van der Waals surface area contributed by atoms with Crippen molar-refractivity contribution >= 4 is 33.3 Å². The van der Waals surface area contributed by atoms with Crippen molar-refractivity contribution in [2.24, 2.45) is 0 Å². The van der Waals surface area contributed by atoms with Crippen molar-refractivity contribution in [3.8, 4) is 0 Å². The fourth-order valence-corrected chi connectivity index (χ4v) is 3.61. The van der Waals surface area contributed by atoms with Crippen LogP contribution in [0.3, 0.4) is 0 Å². The second-order valence-electron chi connectivity index (χ2n) is 5.75. The molecule has 0 unspecified atom stereocenters. The normalized spacial score (nSPS) is 10.8. The van der Waals surface area contributed by atoms with Crippen LogP contribution in [0, 0.1) is 0 Å². The molecule has 25 heavy (non-hydrogen) atoms. The fourth-order valence-electron chi connectivity index (χ4n) is 2.67. The van der Waals surface area contributed by atoms with Gasteiger partial charge in [0.2, 0.25) is 5.91 Å². The molecule has 0 aliphatic rings. The number of carbonyl (C=O) groups excluding carboxylic acids is 1. The molecule has 1 amide bonds. The first kappa shape index (κ1) is 17.4. The molecule has 0 spiro atoms. The number of nitrogens with one attached hydrogen (secondary N) is 1. The quantitative estimate of drug-likeness (QED) is 0.703. The minimum Gasteiger partial charge on any atom is -0.360 e. The van der Waals surface area contributed by atoms with Gasteiger partial charge in [-0.15, -0.1) is 11.3 Å². The van der Waals surface area contributed by atoms with Gasteiger partial charge in [-0.2, -0.15) is 0 Å². The van der Waals surface area contributed by atoms with Crippen LogP contribution in [-0.4, -0.2) is 33.9 Å². The number of likely N-dealkylation sites (N-methyl/N-ethyl adjacent to an activating group) is 1. The van der Waals surface area contributed by atoms with Crippen LogP contribution >= 0.6 is 11.3 Å². The zero-order valence-electron chi connectivity index (χ0n) is 14.5. The molecule has 2 heterocycles. The van der Waals surface area contributed by atoms with Crippen LogP contribution in [0.25, 0.3) is 10.2 Å². The van der Waals surface area contributed by atoms with Crippen molar-refractivity contribution in [1.29, 1.82) is 0 Å². The number of nitrogens with zero attached hydrogens (tertiary/aromatic N) is 3. The smallest absolute Gasteiger partial charge is 0.242 e. The molecule has 0 aliphatic carbocycles. The van der Waals surface area contributed by atoms with Gasteiger partial charge in [-0.3, -0.25) is 4.79 Å². The minimum atomic E-state index is 0.0593. The Morgan fingerprint density at radius 3 is 2.72 bits per heavy atom. The largest absolute Gasteiger partial charge is 0.360 e. The summed E-state index contributed by atoms with van der Waals surface area (Å²) in [5.41, 5.74) is 1.13. The molecule has 0 radical (unpaired) electrons. The average Bonchev–Trinajstić information content (AvgIpc) is 3.09. The lowest BCUT2D eigenvalue weighted by molar-refractivity contribution is -0.129. The van der Waals surface area contributed by atoms with Crippen molar-refractivity contribution < 1.29 is 4.79 Å². The van der Waals surface area contributed by atoms with Crippen LogP contribution in [0.15, 0.2) is 42.7 Å². The molecule has 2 aromatic heterocycles. The molecule has 1 aromatic carbocycles. The van der Waals surface area contributed by atoms with Crippen molar-refractivity contribution in [2.45, 2.75) is 26.8 Å². The van der Waals surface area contributed by atoms with E-state index in [4.69, 9.17) is 0 Å². The molecule has 3 aromatic rings. The van der Waals surface area contributed by atoms with Crippen LogP contribution in [0.1, 0.15) is 24.3 Å². The highest BCUT2D eigenvalue weighted by Gasteiger charge is 2.14. The van der Waals surface area contributed by atoms with E-state index in [1.165, 1.54) is 4.88 Å². The Balaban J connectivity index is 1.68. The van der Waals surface area contributed by atoms with Crippen LogP contribution < -0.4 is 5.32 Å². The number of hydrogen-bond acceptors (Lipinski definition) is 5. The van der Waals surface area contributed by atoms with Gasteiger partial charge in [-0.1, -0.05) is 37.3 Å². The maximum atomic E-state index is 12.6. The number of amides is 1. The molecule has 0 saturated carbocycles. The third kappa shape index (κ3) is 4.14. The maximum Gasteiger partial charge on any atom is 0.242 e. The van der Waals surface area contributed by atoms with E-state index in [1.807, 2.05) is 42.2 Å². The predicted molar refractivity (Wildman–Crippen MR) is 103 cm³/mol. The summed E-state index contributed by atoms with van der Waals surface area (Å²) in [5.74, 6) is 0.786. The lowest BCUT2D eigenvalue weighted by Crippen LogP contribution is -2.35. The Hall–Kier alpha value is -2.47. The number of aryl methyl sites for hydroxylation is 1. The Bertz CT molecular complexity index is 847. The van der Waals surface area contributed by atoms with Gasteiger partial charge in [-0.25, -0.2) is 9.97 Å². The number of benzene rings is 1. The van der Waals surface area contributed by atoms with E-state index >= 15 is 0 Å². The number of carbonyl (C=O) groups is 1. The third-order valence-corrected chi connectivity index (χ3v) is 5.27. The predicted octanol–water partition coefficient (Wildman–Crippen LogP) is 3.71. The van der Waals surface area contributed by atoms with Crippen molar-refractivity contribution in [3.05, 3.63) is 53.2 Å². The van der Waals surface area contributed by atoms with Gasteiger partial charge in [0, 0.05) is 18.0 Å². The first-order chi connectivity index (χ1) is 12.2. The number of rotatable bonds is 7. The molecule has 130 valence electrons. The van der Waals surface area contributed by atoms with Gasteiger partial charge in [0.05, 0.1) is 11.9 Å². The van der Waals surface area contributed by atoms with E-state index < -0.39 is 0 Å². The van der Waals surface area contributed by atoms with Gasteiger partial charge in [0.1, 0.15) is 17.0 Å². The zero-order valence-corrected chi connectivity index (χ0v) is 15.3. The first-order valence-corrected chi connectivity index (χ1v) is 9.32. The highest BCUT2D eigenvalue weighted by atomic mass is 32.1. The average molecular weight is 354 g/mol. The molecule has 1 N–H and O–H groups in total. The summed E-state index contributed by atoms with van der Waals surface area (Å²) in [7, 11) is 0. The van der Waals surface area contributed by atoms with Crippen LogP contribution in [0.4, 0.5) is 5.82 Å². The summed E-state index contributed by atoms with van der Waals surface area (Å²) in [4.78, 5) is 25.3. The van der Waals surface area contributed by atoms with E-state index in [9.17, 15) is 4.79 Å². The molecule has 0 fully saturated rings. The second-order valence-corrected chi connectivity index (χ2v) is 6.87. The molecule has 5 nitrogen and oxygen atoms in total. The Labute approximate surface area is 151 Å². The standard InChI is InChI=1S/C19H22N4OS/c1-3-15-10-16-18(21-13-22-19(16)25-15)20-11-17(24)23(4-2)12-14-8-6-5-7-9-14/h5-10,13H,3-4,11-12H2,1-2H3,(H,20,21,22). The number of thiophene rings is 1. The van der Waals surface area contributed by atoms with Crippen molar-refractivity contribution in [3.63, 3.8) is 0 Å². The lowest BCUT2D eigenvalue weighted by atomic mass is 10.2. The summed E-state index contributed by atoms with van der Waals surface area (Å²) >= 11 is 1.67. The molecule has 0 saturated heterocycles. The molecule has 0 bridgehead atoms. The van der Waals surface area contributed by atoms with E-state index in [2.05, 4.69) is 28.3 Å². The third-order valence-electron chi connectivity index (χ3n) is 4.09. The van der Waals surface area contributed by atoms with Gasteiger partial charge in [0.25, 0.3) is 0 Å². The highest BCUT2D eigenvalue weighted by Crippen LogP contribution is 2.28. The number of aromatic nitrogens is 2. The summed E-state index contributed by atoms with van der Waals surface area (Å²) in [6.07, 6.45) is 2.52. The van der Waals surface area contributed by atoms with Crippen LogP contribution in [0.5, 0.6) is 0 Å². The van der Waals surface area contributed by atoms with Gasteiger partial charge in [0.15, 0.2) is 0 Å². The number of fused-ring (bicyclic) bond motifs is 1. The summed E-state index contributed by atoms with van der Waals surface area (Å²) in [5, 5.41) is 4.18. The summed E-state index contributed by atoms with van der Waals surface area (Å²) in [6.45, 7) is 5.64. The maximum absolute atomic E-state index is 12.6. The summed E-state index contributed by atoms with van der Waals surface area (Å²) < 4.78 is 0. The lowest BCUT2D eigenvalue weighted by Gasteiger charge is -2.21. The van der Waals surface area contributed by atoms with E-state index in [1.54, 1.807) is 17.7 Å². The molecule has 0 aliphatic heterocycles. The number of anilines is 1. The second kappa shape index (κ2) is 8.07. The van der Waals surface area contributed by atoms with E-state index in [0.29, 0.717) is 13.1 Å². The Kier molecular flexibility index (Phi) is 5.60. The van der Waals surface area contributed by atoms with Crippen LogP contribution in [-0.2, 0) is 17.8 Å². The molecular weight excluding hydrogens is 332 g/mol. The van der Waals surface area contributed by atoms with Crippen molar-refractivity contribution in [1.82, 2.24) is 14.9 Å². The van der Waals surface area contributed by atoms with Gasteiger partial charge >= 0.3 is 0 Å².